The van der Waals surface area contributed by atoms with Gasteiger partial charge in [-0.05, 0) is 36.4 Å². The lowest BCUT2D eigenvalue weighted by atomic mass is 9.95. The number of halogens is 1. The Balaban J connectivity index is 1.67. The van der Waals surface area contributed by atoms with E-state index < -0.39 is 21.3 Å². The van der Waals surface area contributed by atoms with Crippen LogP contribution in [0.1, 0.15) is 31.1 Å². The van der Waals surface area contributed by atoms with Crippen molar-refractivity contribution in [3.05, 3.63) is 59.9 Å². The fourth-order valence-corrected chi connectivity index (χ4v) is 4.59. The van der Waals surface area contributed by atoms with Crippen LogP contribution < -0.4 is 5.32 Å². The summed E-state index contributed by atoms with van der Waals surface area (Å²) in [5, 5.41) is 2.80. The first kappa shape index (κ1) is 22.9. The minimum atomic E-state index is -3.82. The molecule has 3 rings (SSSR count). The zero-order chi connectivity index (χ0) is 22.8. The summed E-state index contributed by atoms with van der Waals surface area (Å²) in [6, 6.07) is 11.6. The molecule has 2 amide bonds. The van der Waals surface area contributed by atoms with E-state index in [2.05, 4.69) is 5.32 Å². The molecule has 31 heavy (non-hydrogen) atoms. The van der Waals surface area contributed by atoms with Crippen LogP contribution in [0.25, 0.3) is 0 Å². The van der Waals surface area contributed by atoms with Crippen LogP contribution in [0.15, 0.2) is 53.4 Å². The molecule has 0 saturated carbocycles. The van der Waals surface area contributed by atoms with Gasteiger partial charge in [-0.25, -0.2) is 12.8 Å². The number of anilines is 1. The van der Waals surface area contributed by atoms with E-state index in [-0.39, 0.29) is 42.9 Å². The molecule has 0 unspecified atom stereocenters. The number of rotatable bonds is 4. The molecule has 0 atom stereocenters. The first-order valence-electron chi connectivity index (χ1n) is 9.95. The Hall–Kier alpha value is -2.78. The van der Waals surface area contributed by atoms with Crippen LogP contribution in [0.2, 0.25) is 0 Å². The Morgan fingerprint density at radius 2 is 1.61 bits per heavy atom. The summed E-state index contributed by atoms with van der Waals surface area (Å²) < 4.78 is 40.2. The van der Waals surface area contributed by atoms with Crippen molar-refractivity contribution in [3.63, 3.8) is 0 Å². The van der Waals surface area contributed by atoms with Crippen molar-refractivity contribution in [1.29, 1.82) is 0 Å². The highest BCUT2D eigenvalue weighted by Gasteiger charge is 2.31. The molecule has 0 aromatic heterocycles. The summed E-state index contributed by atoms with van der Waals surface area (Å²) in [6.45, 7) is 6.06. The lowest BCUT2D eigenvalue weighted by molar-refractivity contribution is -0.123. The van der Waals surface area contributed by atoms with E-state index >= 15 is 0 Å². The van der Waals surface area contributed by atoms with Gasteiger partial charge in [0.2, 0.25) is 15.9 Å². The third kappa shape index (κ3) is 5.29. The summed E-state index contributed by atoms with van der Waals surface area (Å²) in [5.74, 6) is -1.02. The molecular weight excluding hydrogens is 421 g/mol. The molecule has 0 aliphatic carbocycles. The Bertz CT molecular complexity index is 1090. The van der Waals surface area contributed by atoms with E-state index in [1.54, 1.807) is 49.9 Å². The van der Waals surface area contributed by atoms with Crippen LogP contribution in [0.5, 0.6) is 0 Å². The largest absolute Gasteiger partial charge is 0.336 e. The van der Waals surface area contributed by atoms with Crippen LogP contribution in [0.4, 0.5) is 10.1 Å². The van der Waals surface area contributed by atoms with Gasteiger partial charge in [0.05, 0.1) is 4.90 Å². The number of nitrogens with zero attached hydrogens (tertiary/aromatic N) is 2. The molecule has 1 saturated heterocycles. The zero-order valence-electron chi connectivity index (χ0n) is 17.8. The Kier molecular flexibility index (Phi) is 6.47. The van der Waals surface area contributed by atoms with Crippen molar-refractivity contribution in [2.75, 3.05) is 31.5 Å². The molecule has 166 valence electrons. The smallest absolute Gasteiger partial charge is 0.254 e. The average Bonchev–Trinajstić information content (AvgIpc) is 2.73. The van der Waals surface area contributed by atoms with Crippen LogP contribution in [0.3, 0.4) is 0 Å². The van der Waals surface area contributed by atoms with Crippen molar-refractivity contribution in [1.82, 2.24) is 9.21 Å². The highest BCUT2D eigenvalue weighted by Crippen LogP contribution is 2.21. The number of piperazine rings is 1. The predicted octanol–water partition coefficient (Wildman–Crippen LogP) is 2.96. The highest BCUT2D eigenvalue weighted by atomic mass is 32.2. The van der Waals surface area contributed by atoms with Gasteiger partial charge in [0.1, 0.15) is 5.82 Å². The Morgan fingerprint density at radius 1 is 0.968 bits per heavy atom. The van der Waals surface area contributed by atoms with Crippen molar-refractivity contribution in [2.45, 2.75) is 25.7 Å². The molecule has 1 N–H and O–H groups in total. The minimum Gasteiger partial charge on any atom is -0.336 e. The van der Waals surface area contributed by atoms with Crippen molar-refractivity contribution < 1.29 is 22.4 Å². The number of hydrogen-bond donors (Lipinski definition) is 1. The van der Waals surface area contributed by atoms with Gasteiger partial charge in [0.15, 0.2) is 0 Å². The second kappa shape index (κ2) is 8.76. The van der Waals surface area contributed by atoms with Crippen LogP contribution >= 0.6 is 0 Å². The molecule has 1 aliphatic heterocycles. The molecule has 0 bridgehead atoms. The Morgan fingerprint density at radius 3 is 2.23 bits per heavy atom. The summed E-state index contributed by atoms with van der Waals surface area (Å²) in [5.41, 5.74) is 0.370. The van der Waals surface area contributed by atoms with Crippen molar-refractivity contribution in [2.24, 2.45) is 5.41 Å². The topological polar surface area (TPSA) is 86.8 Å². The molecule has 0 spiro atoms. The maximum Gasteiger partial charge on any atom is 0.254 e. The Labute approximate surface area is 181 Å². The summed E-state index contributed by atoms with van der Waals surface area (Å²) in [7, 11) is -3.82. The van der Waals surface area contributed by atoms with Crippen LogP contribution in [-0.2, 0) is 14.8 Å². The molecule has 1 aliphatic rings. The minimum absolute atomic E-state index is 0.102. The molecule has 7 nitrogen and oxygen atoms in total. The third-order valence-corrected chi connectivity index (χ3v) is 6.90. The first-order chi connectivity index (χ1) is 14.5. The van der Waals surface area contributed by atoms with Gasteiger partial charge in [-0.3, -0.25) is 9.59 Å². The molecular formula is C22H26FN3O4S. The predicted molar refractivity (Wildman–Crippen MR) is 116 cm³/mol. The van der Waals surface area contributed by atoms with Crippen LogP contribution in [-0.4, -0.2) is 55.6 Å². The summed E-state index contributed by atoms with van der Waals surface area (Å²) in [6.07, 6.45) is 0. The van der Waals surface area contributed by atoms with Gasteiger partial charge >= 0.3 is 0 Å². The van der Waals surface area contributed by atoms with E-state index in [1.807, 2.05) is 0 Å². The normalized spacial score (nSPS) is 15.5. The molecule has 0 radical (unpaired) electrons. The number of benzene rings is 2. The summed E-state index contributed by atoms with van der Waals surface area (Å²) >= 11 is 0. The number of carbonyl (C=O) groups is 2. The maximum absolute atomic E-state index is 13.4. The molecule has 1 heterocycles. The molecule has 1 fully saturated rings. The zero-order valence-corrected chi connectivity index (χ0v) is 18.6. The number of hydrogen-bond acceptors (Lipinski definition) is 4. The van der Waals surface area contributed by atoms with E-state index in [9.17, 15) is 22.4 Å². The van der Waals surface area contributed by atoms with E-state index in [0.29, 0.717) is 11.3 Å². The number of sulfonamides is 1. The lowest BCUT2D eigenvalue weighted by Gasteiger charge is -2.34. The second-order valence-corrected chi connectivity index (χ2v) is 10.4. The SMILES string of the molecule is CC(C)(C)C(=O)Nc1cccc(C(=O)N2CCN(S(=O)(=O)c3cccc(F)c3)CC2)c1. The van der Waals surface area contributed by atoms with Crippen LogP contribution in [0, 0.1) is 11.2 Å². The number of nitrogens with one attached hydrogen (secondary N) is 1. The average molecular weight is 448 g/mol. The van der Waals surface area contributed by atoms with E-state index in [4.69, 9.17) is 0 Å². The molecule has 2 aromatic carbocycles. The molecule has 9 heteroatoms. The van der Waals surface area contributed by atoms with Crippen molar-refractivity contribution in [3.8, 4) is 0 Å². The molecule has 2 aromatic rings. The fourth-order valence-electron chi connectivity index (χ4n) is 3.14. The van der Waals surface area contributed by atoms with Crippen molar-refractivity contribution >= 4 is 27.5 Å². The summed E-state index contributed by atoms with van der Waals surface area (Å²) in [4.78, 5) is 26.6. The number of carbonyl (C=O) groups excluding carboxylic acids is 2. The highest BCUT2D eigenvalue weighted by molar-refractivity contribution is 7.89. The van der Waals surface area contributed by atoms with E-state index in [1.165, 1.54) is 22.5 Å². The lowest BCUT2D eigenvalue weighted by Crippen LogP contribution is -2.50. The van der Waals surface area contributed by atoms with Gasteiger partial charge in [-0.2, -0.15) is 4.31 Å². The van der Waals surface area contributed by atoms with E-state index in [0.717, 1.165) is 6.07 Å². The van der Waals surface area contributed by atoms with Gasteiger partial charge in [-0.15, -0.1) is 0 Å². The standard InChI is InChI=1S/C22H26FN3O4S/c1-22(2,3)21(28)24-18-8-4-6-16(14-18)20(27)25-10-12-26(13-11-25)31(29,30)19-9-5-7-17(23)15-19/h4-9,14-15H,10-13H2,1-3H3,(H,24,28). The fraction of sp³-hybridized carbons (Fsp3) is 0.364. The first-order valence-corrected chi connectivity index (χ1v) is 11.4. The van der Waals surface area contributed by atoms with Gasteiger partial charge in [-0.1, -0.05) is 32.9 Å². The van der Waals surface area contributed by atoms with Gasteiger partial charge in [0, 0.05) is 42.8 Å². The third-order valence-electron chi connectivity index (χ3n) is 5.01. The number of amides is 2. The monoisotopic (exact) mass is 447 g/mol. The van der Waals surface area contributed by atoms with Gasteiger partial charge in [0.25, 0.3) is 5.91 Å². The quantitative estimate of drug-likeness (QED) is 0.781. The second-order valence-electron chi connectivity index (χ2n) is 8.44. The van der Waals surface area contributed by atoms with Gasteiger partial charge < -0.3 is 10.2 Å². The maximum atomic E-state index is 13.4.